The van der Waals surface area contributed by atoms with E-state index in [1.165, 1.54) is 5.56 Å². The van der Waals surface area contributed by atoms with Crippen LogP contribution in [0.4, 0.5) is 5.95 Å². The van der Waals surface area contributed by atoms with Crippen molar-refractivity contribution in [3.63, 3.8) is 0 Å². The minimum Gasteiger partial charge on any atom is -0.339 e. The lowest BCUT2D eigenvalue weighted by Gasteiger charge is -2.20. The lowest BCUT2D eigenvalue weighted by molar-refractivity contribution is 0.583. The molecule has 2 rings (SSSR count). The summed E-state index contributed by atoms with van der Waals surface area (Å²) in [6, 6.07) is 0.269. The van der Waals surface area contributed by atoms with Gasteiger partial charge in [-0.3, -0.25) is 0 Å². The van der Waals surface area contributed by atoms with Crippen molar-refractivity contribution in [3.05, 3.63) is 18.0 Å². The quantitative estimate of drug-likeness (QED) is 0.775. The summed E-state index contributed by atoms with van der Waals surface area (Å²) in [5.41, 5.74) is 7.14. The molecular formula is C12H20N4. The van der Waals surface area contributed by atoms with Crippen LogP contribution in [-0.4, -0.2) is 29.1 Å². The maximum atomic E-state index is 5.86. The molecule has 2 N–H and O–H groups in total. The van der Waals surface area contributed by atoms with Gasteiger partial charge < -0.3 is 10.6 Å². The van der Waals surface area contributed by atoms with Crippen molar-refractivity contribution in [2.24, 2.45) is 5.73 Å². The van der Waals surface area contributed by atoms with E-state index >= 15 is 0 Å². The van der Waals surface area contributed by atoms with E-state index < -0.39 is 0 Å². The Bertz CT molecular complexity index is 352. The average molecular weight is 220 g/mol. The van der Waals surface area contributed by atoms with E-state index in [2.05, 4.69) is 35.6 Å². The molecule has 16 heavy (non-hydrogen) atoms. The van der Waals surface area contributed by atoms with Gasteiger partial charge in [0.05, 0.1) is 0 Å². The summed E-state index contributed by atoms with van der Waals surface area (Å²) < 4.78 is 0. The van der Waals surface area contributed by atoms with Crippen LogP contribution in [0.5, 0.6) is 0 Å². The SMILES string of the molecule is CC(C)(C)c1cnc(N2CCC(N)C2)nc1. The zero-order valence-electron chi connectivity index (χ0n) is 10.3. The van der Waals surface area contributed by atoms with Gasteiger partial charge >= 0.3 is 0 Å². The monoisotopic (exact) mass is 220 g/mol. The molecule has 2 heterocycles. The van der Waals surface area contributed by atoms with Crippen LogP contribution in [0, 0.1) is 0 Å². The van der Waals surface area contributed by atoms with Crippen molar-refractivity contribution in [2.75, 3.05) is 18.0 Å². The standard InChI is InChI=1S/C12H20N4/c1-12(2,3)9-6-14-11(15-7-9)16-5-4-10(13)8-16/h6-7,10H,4-5,8,13H2,1-3H3. The lowest BCUT2D eigenvalue weighted by atomic mass is 9.89. The maximum absolute atomic E-state index is 5.86. The number of nitrogens with zero attached hydrogens (tertiary/aromatic N) is 3. The largest absolute Gasteiger partial charge is 0.339 e. The van der Waals surface area contributed by atoms with Crippen LogP contribution in [0.3, 0.4) is 0 Å². The number of anilines is 1. The molecule has 0 aromatic carbocycles. The number of aromatic nitrogens is 2. The second kappa shape index (κ2) is 4.01. The lowest BCUT2D eigenvalue weighted by Crippen LogP contribution is -2.27. The van der Waals surface area contributed by atoms with Gasteiger partial charge in [0, 0.05) is 31.5 Å². The summed E-state index contributed by atoms with van der Waals surface area (Å²) in [4.78, 5) is 11.0. The molecular weight excluding hydrogens is 200 g/mol. The van der Waals surface area contributed by atoms with Crippen LogP contribution < -0.4 is 10.6 Å². The third-order valence-corrected chi connectivity index (χ3v) is 3.01. The molecule has 0 aliphatic carbocycles. The molecule has 0 saturated carbocycles. The molecule has 0 amide bonds. The summed E-state index contributed by atoms with van der Waals surface area (Å²) in [7, 11) is 0. The van der Waals surface area contributed by atoms with Crippen LogP contribution in [0.2, 0.25) is 0 Å². The van der Waals surface area contributed by atoms with Crippen molar-refractivity contribution in [2.45, 2.75) is 38.6 Å². The van der Waals surface area contributed by atoms with E-state index in [4.69, 9.17) is 5.73 Å². The highest BCUT2D eigenvalue weighted by Crippen LogP contribution is 2.22. The zero-order chi connectivity index (χ0) is 11.8. The van der Waals surface area contributed by atoms with Crippen LogP contribution in [0.25, 0.3) is 0 Å². The molecule has 1 atom stereocenters. The van der Waals surface area contributed by atoms with E-state index in [9.17, 15) is 0 Å². The molecule has 4 nitrogen and oxygen atoms in total. The molecule has 1 saturated heterocycles. The van der Waals surface area contributed by atoms with Gasteiger partial charge in [-0.2, -0.15) is 0 Å². The van der Waals surface area contributed by atoms with E-state index in [1.54, 1.807) is 0 Å². The Morgan fingerprint density at radius 2 is 1.94 bits per heavy atom. The topological polar surface area (TPSA) is 55.0 Å². The van der Waals surface area contributed by atoms with Gasteiger partial charge in [0.25, 0.3) is 0 Å². The Morgan fingerprint density at radius 1 is 1.31 bits per heavy atom. The Kier molecular flexibility index (Phi) is 2.84. The first kappa shape index (κ1) is 11.3. The van der Waals surface area contributed by atoms with E-state index in [1.807, 2.05) is 12.4 Å². The molecule has 0 radical (unpaired) electrons. The first-order chi connectivity index (χ1) is 7.47. The Hall–Kier alpha value is -1.16. The van der Waals surface area contributed by atoms with Gasteiger partial charge in [-0.05, 0) is 17.4 Å². The molecule has 1 fully saturated rings. The fourth-order valence-electron chi connectivity index (χ4n) is 1.84. The van der Waals surface area contributed by atoms with Gasteiger partial charge in [0.15, 0.2) is 0 Å². The number of hydrogen-bond donors (Lipinski definition) is 1. The van der Waals surface area contributed by atoms with Gasteiger partial charge in [-0.1, -0.05) is 20.8 Å². The molecule has 4 heteroatoms. The van der Waals surface area contributed by atoms with Gasteiger partial charge in [-0.15, -0.1) is 0 Å². The van der Waals surface area contributed by atoms with Crippen LogP contribution >= 0.6 is 0 Å². The highest BCUT2D eigenvalue weighted by Gasteiger charge is 2.22. The Morgan fingerprint density at radius 3 is 2.38 bits per heavy atom. The molecule has 88 valence electrons. The Labute approximate surface area is 96.9 Å². The molecule has 1 unspecified atom stereocenters. The second-order valence-electron chi connectivity index (χ2n) is 5.52. The summed E-state index contributed by atoms with van der Waals surface area (Å²) in [6.45, 7) is 8.33. The summed E-state index contributed by atoms with van der Waals surface area (Å²) >= 11 is 0. The van der Waals surface area contributed by atoms with Crippen molar-refractivity contribution < 1.29 is 0 Å². The third-order valence-electron chi connectivity index (χ3n) is 3.01. The highest BCUT2D eigenvalue weighted by atomic mass is 15.3. The third kappa shape index (κ3) is 2.32. The molecule has 1 aromatic heterocycles. The normalized spacial score (nSPS) is 21.5. The second-order valence-corrected chi connectivity index (χ2v) is 5.52. The van der Waals surface area contributed by atoms with E-state index in [-0.39, 0.29) is 11.5 Å². The van der Waals surface area contributed by atoms with Gasteiger partial charge in [0.1, 0.15) is 0 Å². The molecule has 1 aromatic rings. The average Bonchev–Trinajstić information content (AvgIpc) is 2.64. The van der Waals surface area contributed by atoms with Gasteiger partial charge in [0.2, 0.25) is 5.95 Å². The maximum Gasteiger partial charge on any atom is 0.225 e. The van der Waals surface area contributed by atoms with Gasteiger partial charge in [-0.25, -0.2) is 9.97 Å². The fourth-order valence-corrected chi connectivity index (χ4v) is 1.84. The van der Waals surface area contributed by atoms with Crippen molar-refractivity contribution in [1.29, 1.82) is 0 Å². The first-order valence-corrected chi connectivity index (χ1v) is 5.80. The van der Waals surface area contributed by atoms with Crippen molar-refractivity contribution >= 4 is 5.95 Å². The number of hydrogen-bond acceptors (Lipinski definition) is 4. The first-order valence-electron chi connectivity index (χ1n) is 5.80. The summed E-state index contributed by atoms with van der Waals surface area (Å²) in [5.74, 6) is 0.806. The highest BCUT2D eigenvalue weighted by molar-refractivity contribution is 5.33. The van der Waals surface area contributed by atoms with Crippen molar-refractivity contribution in [3.8, 4) is 0 Å². The predicted molar refractivity (Wildman–Crippen MR) is 65.5 cm³/mol. The number of nitrogens with two attached hydrogens (primary N) is 1. The van der Waals surface area contributed by atoms with Crippen molar-refractivity contribution in [1.82, 2.24) is 9.97 Å². The zero-order valence-corrected chi connectivity index (χ0v) is 10.3. The Balaban J connectivity index is 2.14. The summed E-state index contributed by atoms with van der Waals surface area (Å²) in [5, 5.41) is 0. The smallest absolute Gasteiger partial charge is 0.225 e. The molecule has 0 spiro atoms. The van der Waals surface area contributed by atoms with Crippen LogP contribution in [-0.2, 0) is 5.41 Å². The molecule has 1 aliphatic rings. The van der Waals surface area contributed by atoms with Crippen LogP contribution in [0.15, 0.2) is 12.4 Å². The van der Waals surface area contributed by atoms with E-state index in [0.29, 0.717) is 0 Å². The minimum atomic E-state index is 0.111. The fraction of sp³-hybridized carbons (Fsp3) is 0.667. The minimum absolute atomic E-state index is 0.111. The van der Waals surface area contributed by atoms with E-state index in [0.717, 1.165) is 25.5 Å². The molecule has 0 bridgehead atoms. The predicted octanol–water partition coefficient (Wildman–Crippen LogP) is 1.31. The molecule has 1 aliphatic heterocycles. The number of rotatable bonds is 1. The summed E-state index contributed by atoms with van der Waals surface area (Å²) in [6.07, 6.45) is 4.88. The van der Waals surface area contributed by atoms with Crippen LogP contribution in [0.1, 0.15) is 32.8 Å².